The second-order valence-corrected chi connectivity index (χ2v) is 5.71. The molecule has 25 heavy (non-hydrogen) atoms. The first kappa shape index (κ1) is 17.4. The Labute approximate surface area is 142 Å². The van der Waals surface area contributed by atoms with Gasteiger partial charge < -0.3 is 10.1 Å². The number of halogens is 3. The predicted octanol–water partition coefficient (Wildman–Crippen LogP) is 2.51. The van der Waals surface area contributed by atoms with Crippen LogP contribution in [-0.2, 0) is 17.5 Å². The van der Waals surface area contributed by atoms with Crippen LogP contribution < -0.4 is 5.32 Å². The number of H-pyrrole nitrogens is 1. The number of alkyl halides is 3. The van der Waals surface area contributed by atoms with Gasteiger partial charge in [-0.15, -0.1) is 0 Å². The van der Waals surface area contributed by atoms with Crippen molar-refractivity contribution in [1.82, 2.24) is 15.1 Å². The summed E-state index contributed by atoms with van der Waals surface area (Å²) in [5, 5.41) is 7.81. The van der Waals surface area contributed by atoms with Crippen LogP contribution in [0.4, 0.5) is 18.9 Å². The molecule has 2 N–H and O–H groups in total. The molecule has 9 heteroatoms. The molecule has 1 fully saturated rings. The lowest BCUT2D eigenvalue weighted by Crippen LogP contribution is -2.35. The lowest BCUT2D eigenvalue weighted by molar-refractivity contribution is -0.141. The fraction of sp³-hybridized carbons (Fsp3) is 0.375. The molecule has 0 atom stereocenters. The van der Waals surface area contributed by atoms with Gasteiger partial charge in [-0.3, -0.25) is 14.8 Å². The van der Waals surface area contributed by atoms with Crippen LogP contribution in [0.5, 0.6) is 0 Å². The highest BCUT2D eigenvalue weighted by atomic mass is 19.4. The van der Waals surface area contributed by atoms with Crippen LogP contribution in [0.25, 0.3) is 0 Å². The number of benzene rings is 1. The molecule has 0 unspecified atom stereocenters. The van der Waals surface area contributed by atoms with Crippen LogP contribution in [0, 0.1) is 0 Å². The van der Waals surface area contributed by atoms with Gasteiger partial charge in [-0.2, -0.15) is 18.3 Å². The number of anilines is 1. The monoisotopic (exact) mass is 354 g/mol. The molecule has 2 aromatic rings. The molecule has 1 aliphatic rings. The minimum atomic E-state index is -4.57. The number of aromatic amines is 1. The fourth-order valence-corrected chi connectivity index (χ4v) is 2.54. The number of ether oxygens (including phenoxy) is 1. The van der Waals surface area contributed by atoms with E-state index in [-0.39, 0.29) is 5.69 Å². The summed E-state index contributed by atoms with van der Waals surface area (Å²) in [6.07, 6.45) is -4.57. The number of hydrogen-bond acceptors (Lipinski definition) is 4. The number of morpholine rings is 1. The molecule has 0 radical (unpaired) electrons. The van der Waals surface area contributed by atoms with Crippen molar-refractivity contribution in [3.05, 3.63) is 47.3 Å². The third-order valence-corrected chi connectivity index (χ3v) is 3.81. The SMILES string of the molecule is O=C(Nc1cccc(CN2CCOCC2)c1)c1cc(C(F)(F)F)[nH]n1. The maximum Gasteiger partial charge on any atom is 0.432 e. The van der Waals surface area contributed by atoms with E-state index >= 15 is 0 Å². The third kappa shape index (κ3) is 4.58. The Morgan fingerprint density at radius 1 is 1.28 bits per heavy atom. The van der Waals surface area contributed by atoms with Gasteiger partial charge in [0.05, 0.1) is 13.2 Å². The molecule has 1 amide bonds. The van der Waals surface area contributed by atoms with E-state index in [1.54, 1.807) is 18.2 Å². The van der Waals surface area contributed by atoms with Gasteiger partial charge in [-0.25, -0.2) is 0 Å². The van der Waals surface area contributed by atoms with Crippen LogP contribution in [-0.4, -0.2) is 47.3 Å². The number of nitrogens with zero attached hydrogens (tertiary/aromatic N) is 2. The van der Waals surface area contributed by atoms with Crippen molar-refractivity contribution < 1.29 is 22.7 Å². The van der Waals surface area contributed by atoms with Crippen molar-refractivity contribution in [1.29, 1.82) is 0 Å². The zero-order valence-electron chi connectivity index (χ0n) is 13.3. The number of nitrogens with one attached hydrogen (secondary N) is 2. The minimum absolute atomic E-state index is 0.314. The molecule has 0 spiro atoms. The van der Waals surface area contributed by atoms with E-state index in [4.69, 9.17) is 4.74 Å². The average Bonchev–Trinajstić information content (AvgIpc) is 3.06. The lowest BCUT2D eigenvalue weighted by atomic mass is 10.1. The first-order chi connectivity index (χ1) is 11.9. The average molecular weight is 354 g/mol. The normalized spacial score (nSPS) is 16.0. The molecule has 0 saturated carbocycles. The first-order valence-electron chi connectivity index (χ1n) is 7.75. The summed E-state index contributed by atoms with van der Waals surface area (Å²) >= 11 is 0. The van der Waals surface area contributed by atoms with E-state index in [1.807, 2.05) is 11.2 Å². The number of rotatable bonds is 4. The number of amides is 1. The third-order valence-electron chi connectivity index (χ3n) is 3.81. The van der Waals surface area contributed by atoms with E-state index in [9.17, 15) is 18.0 Å². The molecular weight excluding hydrogens is 337 g/mol. The molecular formula is C16H17F3N4O2. The number of aromatic nitrogens is 2. The van der Waals surface area contributed by atoms with Crippen LogP contribution in [0.15, 0.2) is 30.3 Å². The molecule has 2 heterocycles. The first-order valence-corrected chi connectivity index (χ1v) is 7.75. The van der Waals surface area contributed by atoms with Crippen molar-refractivity contribution in [3.63, 3.8) is 0 Å². The Kier molecular flexibility index (Phi) is 5.05. The Bertz CT molecular complexity index is 739. The van der Waals surface area contributed by atoms with Gasteiger partial charge in [0.25, 0.3) is 5.91 Å². The lowest BCUT2D eigenvalue weighted by Gasteiger charge is -2.26. The summed E-state index contributed by atoms with van der Waals surface area (Å²) in [7, 11) is 0. The number of hydrogen-bond donors (Lipinski definition) is 2. The molecule has 1 saturated heterocycles. The highest BCUT2D eigenvalue weighted by Crippen LogP contribution is 2.27. The van der Waals surface area contributed by atoms with Gasteiger partial charge in [0.2, 0.25) is 0 Å². The van der Waals surface area contributed by atoms with Crippen molar-refractivity contribution in [2.24, 2.45) is 0 Å². The minimum Gasteiger partial charge on any atom is -0.379 e. The largest absolute Gasteiger partial charge is 0.432 e. The van der Waals surface area contributed by atoms with Crippen LogP contribution in [0.3, 0.4) is 0 Å². The summed E-state index contributed by atoms with van der Waals surface area (Å²) in [4.78, 5) is 14.3. The highest BCUT2D eigenvalue weighted by molar-refractivity contribution is 6.02. The Balaban J connectivity index is 1.65. The number of carbonyl (C=O) groups excluding carboxylic acids is 1. The molecule has 1 aromatic carbocycles. The molecule has 1 aromatic heterocycles. The van der Waals surface area contributed by atoms with Crippen molar-refractivity contribution in [2.75, 3.05) is 31.6 Å². The summed E-state index contributed by atoms with van der Waals surface area (Å²) in [6, 6.07) is 7.88. The molecule has 3 rings (SSSR count). The van der Waals surface area contributed by atoms with Gasteiger partial charge in [0.1, 0.15) is 5.69 Å². The van der Waals surface area contributed by atoms with Crippen LogP contribution in [0.1, 0.15) is 21.7 Å². The quantitative estimate of drug-likeness (QED) is 0.885. The zero-order valence-corrected chi connectivity index (χ0v) is 13.3. The van der Waals surface area contributed by atoms with Crippen molar-refractivity contribution in [3.8, 4) is 0 Å². The van der Waals surface area contributed by atoms with Gasteiger partial charge >= 0.3 is 6.18 Å². The molecule has 1 aliphatic heterocycles. The van der Waals surface area contributed by atoms with E-state index in [1.165, 1.54) is 0 Å². The van der Waals surface area contributed by atoms with E-state index in [0.717, 1.165) is 18.7 Å². The highest BCUT2D eigenvalue weighted by Gasteiger charge is 2.33. The summed E-state index contributed by atoms with van der Waals surface area (Å²) < 4.78 is 43.0. The molecule has 134 valence electrons. The second kappa shape index (κ2) is 7.24. The summed E-state index contributed by atoms with van der Waals surface area (Å²) in [5.74, 6) is -0.699. The Morgan fingerprint density at radius 3 is 2.72 bits per heavy atom. The summed E-state index contributed by atoms with van der Waals surface area (Å²) in [6.45, 7) is 3.77. The zero-order chi connectivity index (χ0) is 17.9. The second-order valence-electron chi connectivity index (χ2n) is 5.71. The standard InChI is InChI=1S/C16H17F3N4O2/c17-16(18,19)14-9-13(21-22-14)15(24)20-12-3-1-2-11(8-12)10-23-4-6-25-7-5-23/h1-3,8-9H,4-7,10H2,(H,20,24)(H,21,22). The molecule has 0 aliphatic carbocycles. The smallest absolute Gasteiger partial charge is 0.379 e. The molecule has 0 bridgehead atoms. The van der Waals surface area contributed by atoms with Crippen molar-refractivity contribution in [2.45, 2.75) is 12.7 Å². The maximum atomic E-state index is 12.6. The van der Waals surface area contributed by atoms with E-state index < -0.39 is 17.8 Å². The van der Waals surface area contributed by atoms with E-state index in [2.05, 4.69) is 15.3 Å². The van der Waals surface area contributed by atoms with Crippen LogP contribution >= 0.6 is 0 Å². The van der Waals surface area contributed by atoms with Crippen molar-refractivity contribution >= 4 is 11.6 Å². The topological polar surface area (TPSA) is 70.2 Å². The Morgan fingerprint density at radius 2 is 2.04 bits per heavy atom. The van der Waals surface area contributed by atoms with Gasteiger partial charge in [0.15, 0.2) is 5.69 Å². The maximum absolute atomic E-state index is 12.6. The van der Waals surface area contributed by atoms with E-state index in [0.29, 0.717) is 31.5 Å². The van der Waals surface area contributed by atoms with Gasteiger partial charge in [-0.1, -0.05) is 12.1 Å². The van der Waals surface area contributed by atoms with Gasteiger partial charge in [0, 0.05) is 31.4 Å². The fourth-order valence-electron chi connectivity index (χ4n) is 2.54. The Hall–Kier alpha value is -2.39. The van der Waals surface area contributed by atoms with Gasteiger partial charge in [-0.05, 0) is 17.7 Å². The van der Waals surface area contributed by atoms with Crippen LogP contribution in [0.2, 0.25) is 0 Å². The summed E-state index contributed by atoms with van der Waals surface area (Å²) in [5.41, 5.74) is 0.134. The number of carbonyl (C=O) groups is 1. The molecule has 6 nitrogen and oxygen atoms in total. The predicted molar refractivity (Wildman–Crippen MR) is 84.1 cm³/mol.